The summed E-state index contributed by atoms with van der Waals surface area (Å²) in [6.07, 6.45) is 0. The highest BCUT2D eigenvalue weighted by Crippen LogP contribution is 2.28. The van der Waals surface area contributed by atoms with Gasteiger partial charge in [-0.15, -0.1) is 0 Å². The Hall–Kier alpha value is -2.27. The molecule has 0 saturated heterocycles. The molecule has 0 fully saturated rings. The maximum Gasteiger partial charge on any atom is 0.337 e. The first-order valence-electron chi connectivity index (χ1n) is 5.64. The standard InChI is InChI=1S/C14H11ClFNO3/c1-20-9-3-4-11(16)13(7-9)17-12-5-2-8(15)6-10(12)14(18)19/h2-7,17H,1H3,(H,18,19). The van der Waals surface area contributed by atoms with Gasteiger partial charge in [0, 0.05) is 11.1 Å². The first-order valence-corrected chi connectivity index (χ1v) is 6.02. The molecule has 0 radical (unpaired) electrons. The molecule has 4 nitrogen and oxygen atoms in total. The molecule has 0 amide bonds. The summed E-state index contributed by atoms with van der Waals surface area (Å²) in [6.45, 7) is 0. The molecule has 2 rings (SSSR count). The molecule has 0 aliphatic heterocycles. The van der Waals surface area contributed by atoms with Gasteiger partial charge >= 0.3 is 5.97 Å². The molecule has 0 bridgehead atoms. The lowest BCUT2D eigenvalue weighted by molar-refractivity contribution is 0.0698. The van der Waals surface area contributed by atoms with E-state index < -0.39 is 11.8 Å². The van der Waals surface area contributed by atoms with E-state index in [9.17, 15) is 9.18 Å². The normalized spacial score (nSPS) is 10.2. The van der Waals surface area contributed by atoms with E-state index in [1.165, 1.54) is 43.5 Å². The van der Waals surface area contributed by atoms with Gasteiger partial charge in [0.1, 0.15) is 11.6 Å². The predicted octanol–water partition coefficient (Wildman–Crippen LogP) is 3.93. The van der Waals surface area contributed by atoms with Crippen LogP contribution < -0.4 is 10.1 Å². The average Bonchev–Trinajstić information content (AvgIpc) is 2.42. The van der Waals surface area contributed by atoms with Gasteiger partial charge in [-0.25, -0.2) is 9.18 Å². The number of anilines is 2. The van der Waals surface area contributed by atoms with E-state index in [2.05, 4.69) is 5.32 Å². The van der Waals surface area contributed by atoms with Gasteiger partial charge in [0.25, 0.3) is 0 Å². The summed E-state index contributed by atoms with van der Waals surface area (Å²) in [7, 11) is 1.46. The number of hydrogen-bond acceptors (Lipinski definition) is 3. The van der Waals surface area contributed by atoms with Crippen LogP contribution in [0.5, 0.6) is 5.75 Å². The van der Waals surface area contributed by atoms with Crippen LogP contribution >= 0.6 is 11.6 Å². The third kappa shape index (κ3) is 3.00. The maximum absolute atomic E-state index is 13.7. The quantitative estimate of drug-likeness (QED) is 0.897. The van der Waals surface area contributed by atoms with Crippen molar-refractivity contribution < 1.29 is 19.0 Å². The summed E-state index contributed by atoms with van der Waals surface area (Å²) in [5.74, 6) is -1.21. The Labute approximate surface area is 119 Å². The molecular weight excluding hydrogens is 285 g/mol. The average molecular weight is 296 g/mol. The SMILES string of the molecule is COc1ccc(F)c(Nc2ccc(Cl)cc2C(=O)O)c1. The summed E-state index contributed by atoms with van der Waals surface area (Å²) < 4.78 is 18.7. The van der Waals surface area contributed by atoms with Crippen LogP contribution in [0.25, 0.3) is 0 Å². The van der Waals surface area contributed by atoms with Crippen molar-refractivity contribution in [3.8, 4) is 5.75 Å². The molecule has 0 spiro atoms. The minimum atomic E-state index is -1.15. The molecule has 0 unspecified atom stereocenters. The molecule has 0 aromatic heterocycles. The van der Waals surface area contributed by atoms with Crippen LogP contribution in [0.3, 0.4) is 0 Å². The number of methoxy groups -OCH3 is 1. The highest BCUT2D eigenvalue weighted by atomic mass is 35.5. The Morgan fingerprint density at radius 3 is 2.65 bits per heavy atom. The molecule has 2 N–H and O–H groups in total. The number of ether oxygens (including phenoxy) is 1. The lowest BCUT2D eigenvalue weighted by Gasteiger charge is -2.12. The van der Waals surface area contributed by atoms with Gasteiger partial charge < -0.3 is 15.2 Å². The van der Waals surface area contributed by atoms with E-state index in [0.29, 0.717) is 10.8 Å². The topological polar surface area (TPSA) is 58.6 Å². The van der Waals surface area contributed by atoms with Gasteiger partial charge in [-0.1, -0.05) is 11.6 Å². The van der Waals surface area contributed by atoms with Gasteiger partial charge in [-0.3, -0.25) is 0 Å². The Morgan fingerprint density at radius 2 is 2.00 bits per heavy atom. The largest absolute Gasteiger partial charge is 0.497 e. The first-order chi connectivity index (χ1) is 9.51. The van der Waals surface area contributed by atoms with Crippen molar-refractivity contribution >= 4 is 28.9 Å². The van der Waals surface area contributed by atoms with Crippen molar-refractivity contribution in [2.45, 2.75) is 0 Å². The number of carbonyl (C=O) groups is 1. The van der Waals surface area contributed by atoms with E-state index >= 15 is 0 Å². The highest BCUT2D eigenvalue weighted by molar-refractivity contribution is 6.31. The zero-order chi connectivity index (χ0) is 14.7. The van der Waals surface area contributed by atoms with Crippen molar-refractivity contribution in [1.82, 2.24) is 0 Å². The summed E-state index contributed by atoms with van der Waals surface area (Å²) in [6, 6.07) is 8.44. The van der Waals surface area contributed by atoms with Gasteiger partial charge in [-0.2, -0.15) is 0 Å². The summed E-state index contributed by atoms with van der Waals surface area (Å²) in [4.78, 5) is 11.2. The van der Waals surface area contributed by atoms with Crippen molar-refractivity contribution in [1.29, 1.82) is 0 Å². The van der Waals surface area contributed by atoms with Gasteiger partial charge in [-0.05, 0) is 30.3 Å². The van der Waals surface area contributed by atoms with Crippen LogP contribution in [-0.4, -0.2) is 18.2 Å². The highest BCUT2D eigenvalue weighted by Gasteiger charge is 2.13. The number of rotatable bonds is 4. The molecule has 0 saturated carbocycles. The molecule has 2 aromatic carbocycles. The Balaban J connectivity index is 2.42. The van der Waals surface area contributed by atoms with E-state index in [0.717, 1.165) is 0 Å². The Kier molecular flexibility index (Phi) is 4.10. The minimum absolute atomic E-state index is 0.0419. The molecule has 6 heteroatoms. The van der Waals surface area contributed by atoms with E-state index in [-0.39, 0.29) is 16.9 Å². The molecule has 0 atom stereocenters. The van der Waals surface area contributed by atoms with Crippen molar-refractivity contribution in [2.75, 3.05) is 12.4 Å². The van der Waals surface area contributed by atoms with Crippen LogP contribution in [0.1, 0.15) is 10.4 Å². The maximum atomic E-state index is 13.7. The fourth-order valence-electron chi connectivity index (χ4n) is 1.67. The number of benzene rings is 2. The molecular formula is C14H11ClFNO3. The lowest BCUT2D eigenvalue weighted by Crippen LogP contribution is -2.03. The summed E-state index contributed by atoms with van der Waals surface area (Å²) in [5, 5.41) is 12.1. The van der Waals surface area contributed by atoms with Crippen LogP contribution in [-0.2, 0) is 0 Å². The summed E-state index contributed by atoms with van der Waals surface area (Å²) >= 11 is 5.76. The van der Waals surface area contributed by atoms with E-state index in [1.54, 1.807) is 0 Å². The van der Waals surface area contributed by atoms with Gasteiger partial charge in [0.15, 0.2) is 0 Å². The van der Waals surface area contributed by atoms with Crippen LogP contribution in [0.2, 0.25) is 5.02 Å². The van der Waals surface area contributed by atoms with Gasteiger partial charge in [0.05, 0.1) is 24.0 Å². The molecule has 0 heterocycles. The number of carboxylic acids is 1. The Bertz CT molecular complexity index is 661. The fourth-order valence-corrected chi connectivity index (χ4v) is 1.85. The second-order valence-corrected chi connectivity index (χ2v) is 4.40. The number of aromatic carboxylic acids is 1. The number of carboxylic acid groups (broad SMARTS) is 1. The van der Waals surface area contributed by atoms with Crippen molar-refractivity contribution in [2.24, 2.45) is 0 Å². The molecule has 2 aromatic rings. The smallest absolute Gasteiger partial charge is 0.337 e. The van der Waals surface area contributed by atoms with Gasteiger partial charge in [0.2, 0.25) is 0 Å². The zero-order valence-corrected chi connectivity index (χ0v) is 11.2. The first kappa shape index (κ1) is 14.1. The zero-order valence-electron chi connectivity index (χ0n) is 10.5. The number of nitrogens with one attached hydrogen (secondary N) is 1. The Morgan fingerprint density at radius 1 is 1.25 bits per heavy atom. The predicted molar refractivity (Wildman–Crippen MR) is 74.6 cm³/mol. The monoisotopic (exact) mass is 295 g/mol. The van der Waals surface area contributed by atoms with E-state index in [4.69, 9.17) is 21.4 Å². The van der Waals surface area contributed by atoms with E-state index in [1.807, 2.05) is 0 Å². The third-order valence-corrected chi connectivity index (χ3v) is 2.89. The second kappa shape index (κ2) is 5.79. The fraction of sp³-hybridized carbons (Fsp3) is 0.0714. The van der Waals surface area contributed by atoms with Crippen molar-refractivity contribution in [3.63, 3.8) is 0 Å². The number of halogens is 2. The van der Waals surface area contributed by atoms with Crippen LogP contribution in [0.15, 0.2) is 36.4 Å². The lowest BCUT2D eigenvalue weighted by atomic mass is 10.1. The van der Waals surface area contributed by atoms with Crippen LogP contribution in [0, 0.1) is 5.82 Å². The molecule has 20 heavy (non-hydrogen) atoms. The third-order valence-electron chi connectivity index (χ3n) is 2.65. The minimum Gasteiger partial charge on any atom is -0.497 e. The molecule has 0 aliphatic rings. The number of hydrogen-bond donors (Lipinski definition) is 2. The van der Waals surface area contributed by atoms with Crippen LogP contribution in [0.4, 0.5) is 15.8 Å². The van der Waals surface area contributed by atoms with Crippen molar-refractivity contribution in [3.05, 3.63) is 52.8 Å². The summed E-state index contributed by atoms with van der Waals surface area (Å²) in [5.41, 5.74) is 0.322. The molecule has 104 valence electrons. The molecule has 0 aliphatic carbocycles. The second-order valence-electron chi connectivity index (χ2n) is 3.97.